The average molecular weight is 329 g/mol. The first-order valence-electron chi connectivity index (χ1n) is 6.86. The number of ether oxygens (including phenoxy) is 1. The van der Waals surface area contributed by atoms with E-state index in [0.717, 1.165) is 4.90 Å². The summed E-state index contributed by atoms with van der Waals surface area (Å²) >= 11 is 5.92. The Morgan fingerprint density at radius 1 is 1.13 bits per heavy atom. The Balaban J connectivity index is 1.97. The van der Waals surface area contributed by atoms with Gasteiger partial charge in [0.2, 0.25) is 0 Å². The Labute approximate surface area is 138 Å². The number of carbonyl (C=O) groups is 2. The number of rotatable bonds is 3. The number of benzene rings is 2. The summed E-state index contributed by atoms with van der Waals surface area (Å²) in [6.45, 7) is 0. The summed E-state index contributed by atoms with van der Waals surface area (Å²) in [5.41, 5.74) is 1.30. The maximum Gasteiger partial charge on any atom is 0.333 e. The molecule has 1 aliphatic rings. The summed E-state index contributed by atoms with van der Waals surface area (Å²) in [5, 5.41) is 3.02. The molecule has 23 heavy (non-hydrogen) atoms. The number of amides is 3. The van der Waals surface area contributed by atoms with E-state index < -0.39 is 11.9 Å². The molecule has 0 spiro atoms. The molecule has 2 aromatic rings. The Morgan fingerprint density at radius 3 is 2.65 bits per heavy atom. The second-order valence-electron chi connectivity index (χ2n) is 4.85. The van der Waals surface area contributed by atoms with Crippen molar-refractivity contribution < 1.29 is 14.3 Å². The van der Waals surface area contributed by atoms with Gasteiger partial charge >= 0.3 is 6.03 Å². The highest BCUT2D eigenvalue weighted by Crippen LogP contribution is 2.26. The third-order valence-electron chi connectivity index (χ3n) is 3.38. The predicted octanol–water partition coefficient (Wildman–Crippen LogP) is 3.45. The molecule has 5 nitrogen and oxygen atoms in total. The van der Waals surface area contributed by atoms with Gasteiger partial charge in [-0.3, -0.25) is 4.79 Å². The van der Waals surface area contributed by atoms with Gasteiger partial charge in [-0.1, -0.05) is 35.9 Å². The van der Waals surface area contributed by atoms with Crippen LogP contribution in [0.25, 0.3) is 6.08 Å². The fourth-order valence-electron chi connectivity index (χ4n) is 2.33. The molecule has 0 saturated carbocycles. The van der Waals surface area contributed by atoms with Crippen LogP contribution in [-0.2, 0) is 4.79 Å². The molecule has 2 aromatic carbocycles. The van der Waals surface area contributed by atoms with Gasteiger partial charge in [0.05, 0.1) is 12.8 Å². The zero-order valence-corrected chi connectivity index (χ0v) is 13.0. The molecule has 0 aromatic heterocycles. The summed E-state index contributed by atoms with van der Waals surface area (Å²) in [6.07, 6.45) is 1.59. The molecular formula is C17H13ClN2O3. The lowest BCUT2D eigenvalue weighted by Crippen LogP contribution is -2.30. The van der Waals surface area contributed by atoms with Gasteiger partial charge in [-0.15, -0.1) is 0 Å². The van der Waals surface area contributed by atoms with Crippen molar-refractivity contribution in [2.45, 2.75) is 0 Å². The van der Waals surface area contributed by atoms with E-state index in [1.165, 1.54) is 0 Å². The van der Waals surface area contributed by atoms with E-state index in [0.29, 0.717) is 22.0 Å². The van der Waals surface area contributed by atoms with E-state index in [-0.39, 0.29) is 5.70 Å². The summed E-state index contributed by atoms with van der Waals surface area (Å²) < 4.78 is 5.25. The first-order chi connectivity index (χ1) is 11.1. The summed E-state index contributed by atoms with van der Waals surface area (Å²) in [4.78, 5) is 25.7. The largest absolute Gasteiger partial charge is 0.496 e. The van der Waals surface area contributed by atoms with Crippen LogP contribution >= 0.6 is 11.6 Å². The minimum absolute atomic E-state index is 0.180. The highest BCUT2D eigenvalue weighted by molar-refractivity contribution is 6.32. The number of urea groups is 1. The molecule has 0 radical (unpaired) electrons. The maximum absolute atomic E-state index is 12.5. The van der Waals surface area contributed by atoms with Crippen LogP contribution in [0.5, 0.6) is 5.75 Å². The van der Waals surface area contributed by atoms with E-state index in [1.54, 1.807) is 49.6 Å². The molecule has 0 aliphatic carbocycles. The molecule has 0 bridgehead atoms. The van der Waals surface area contributed by atoms with Crippen molar-refractivity contribution in [3.05, 3.63) is 64.8 Å². The van der Waals surface area contributed by atoms with Crippen molar-refractivity contribution in [3.63, 3.8) is 0 Å². The van der Waals surface area contributed by atoms with Crippen LogP contribution in [0.3, 0.4) is 0 Å². The van der Waals surface area contributed by atoms with Gasteiger partial charge in [-0.05, 0) is 30.3 Å². The Bertz CT molecular complexity index is 817. The third kappa shape index (κ3) is 2.91. The lowest BCUT2D eigenvalue weighted by atomic mass is 10.1. The van der Waals surface area contributed by atoms with Crippen LogP contribution in [0, 0.1) is 0 Å². The molecule has 1 N–H and O–H groups in total. The molecule has 1 saturated heterocycles. The second kappa shape index (κ2) is 6.14. The number of nitrogens with zero attached hydrogens (tertiary/aromatic N) is 1. The summed E-state index contributed by atoms with van der Waals surface area (Å²) in [7, 11) is 1.55. The minimum Gasteiger partial charge on any atom is -0.496 e. The predicted molar refractivity (Wildman–Crippen MR) is 88.4 cm³/mol. The normalized spacial score (nSPS) is 15.9. The number of halogens is 1. The number of nitrogens with one attached hydrogen (secondary N) is 1. The summed E-state index contributed by atoms with van der Waals surface area (Å²) in [6, 6.07) is 13.3. The highest BCUT2D eigenvalue weighted by atomic mass is 35.5. The highest BCUT2D eigenvalue weighted by Gasteiger charge is 2.35. The smallest absolute Gasteiger partial charge is 0.333 e. The van der Waals surface area contributed by atoms with Crippen molar-refractivity contribution in [2.24, 2.45) is 0 Å². The lowest BCUT2D eigenvalue weighted by molar-refractivity contribution is -0.113. The number of methoxy groups -OCH3 is 1. The second-order valence-corrected chi connectivity index (χ2v) is 5.29. The monoisotopic (exact) mass is 328 g/mol. The lowest BCUT2D eigenvalue weighted by Gasteiger charge is -2.11. The Kier molecular flexibility index (Phi) is 4.04. The summed E-state index contributed by atoms with van der Waals surface area (Å²) in [5.74, 6) is 0.173. The number of anilines is 1. The quantitative estimate of drug-likeness (QED) is 0.693. The Morgan fingerprint density at radius 2 is 1.91 bits per heavy atom. The minimum atomic E-state index is -0.515. The number of para-hydroxylation sites is 1. The third-order valence-corrected chi connectivity index (χ3v) is 3.62. The van der Waals surface area contributed by atoms with Gasteiger partial charge < -0.3 is 10.1 Å². The zero-order chi connectivity index (χ0) is 16.4. The van der Waals surface area contributed by atoms with E-state index in [4.69, 9.17) is 16.3 Å². The van der Waals surface area contributed by atoms with Crippen molar-refractivity contribution >= 4 is 35.3 Å². The van der Waals surface area contributed by atoms with Crippen molar-refractivity contribution in [1.82, 2.24) is 5.32 Å². The molecule has 6 heteroatoms. The number of hydrogen-bond donors (Lipinski definition) is 1. The number of hydrogen-bond acceptors (Lipinski definition) is 3. The van der Waals surface area contributed by atoms with Crippen LogP contribution < -0.4 is 15.0 Å². The first kappa shape index (κ1) is 15.1. The van der Waals surface area contributed by atoms with Gasteiger partial charge in [0.1, 0.15) is 11.4 Å². The maximum atomic E-state index is 12.5. The molecular weight excluding hydrogens is 316 g/mol. The van der Waals surface area contributed by atoms with Crippen molar-refractivity contribution in [3.8, 4) is 5.75 Å². The van der Waals surface area contributed by atoms with E-state index >= 15 is 0 Å². The van der Waals surface area contributed by atoms with Gasteiger partial charge in [0.25, 0.3) is 5.91 Å². The van der Waals surface area contributed by atoms with Crippen LogP contribution in [0.1, 0.15) is 5.56 Å². The van der Waals surface area contributed by atoms with Crippen LogP contribution in [0.4, 0.5) is 10.5 Å². The molecule has 3 rings (SSSR count). The standard InChI is InChI=1S/C17H13ClN2O3/c1-23-15-8-3-2-5-11(15)9-14-16(21)20(17(22)19-14)13-7-4-6-12(18)10-13/h2-10H,1H3,(H,19,22)/b14-9-. The molecule has 0 unspecified atom stereocenters. The van der Waals surface area contributed by atoms with Gasteiger partial charge in [-0.2, -0.15) is 0 Å². The SMILES string of the molecule is COc1ccccc1/C=C1\NC(=O)N(c2cccc(Cl)c2)C1=O. The van der Waals surface area contributed by atoms with Gasteiger partial charge in [0, 0.05) is 10.6 Å². The molecule has 3 amide bonds. The van der Waals surface area contributed by atoms with E-state index in [2.05, 4.69) is 5.32 Å². The van der Waals surface area contributed by atoms with Crippen molar-refractivity contribution in [2.75, 3.05) is 12.0 Å². The first-order valence-corrected chi connectivity index (χ1v) is 7.23. The number of carbonyl (C=O) groups excluding carboxylic acids is 2. The molecule has 1 fully saturated rings. The van der Waals surface area contributed by atoms with Crippen LogP contribution in [0.15, 0.2) is 54.2 Å². The van der Waals surface area contributed by atoms with Crippen molar-refractivity contribution in [1.29, 1.82) is 0 Å². The topological polar surface area (TPSA) is 58.6 Å². The molecule has 1 aliphatic heterocycles. The van der Waals surface area contributed by atoms with Crippen LogP contribution in [-0.4, -0.2) is 19.0 Å². The van der Waals surface area contributed by atoms with Crippen LogP contribution in [0.2, 0.25) is 5.02 Å². The fraction of sp³-hybridized carbons (Fsp3) is 0.0588. The Hall–Kier alpha value is -2.79. The average Bonchev–Trinajstić information content (AvgIpc) is 2.82. The fourth-order valence-corrected chi connectivity index (χ4v) is 2.51. The number of imide groups is 1. The molecule has 0 atom stereocenters. The molecule has 116 valence electrons. The van der Waals surface area contributed by atoms with E-state index in [1.807, 2.05) is 12.1 Å². The van der Waals surface area contributed by atoms with Gasteiger partial charge in [0.15, 0.2) is 0 Å². The van der Waals surface area contributed by atoms with Gasteiger partial charge in [-0.25, -0.2) is 9.69 Å². The van der Waals surface area contributed by atoms with E-state index in [9.17, 15) is 9.59 Å². The zero-order valence-electron chi connectivity index (χ0n) is 12.2. The molecule has 1 heterocycles.